The largest absolute Gasteiger partial charge is 0.499 e. The van der Waals surface area contributed by atoms with Gasteiger partial charge in [-0.25, -0.2) is 8.42 Å². The van der Waals surface area contributed by atoms with E-state index in [2.05, 4.69) is 6.07 Å². The molecule has 0 bridgehead atoms. The highest BCUT2D eigenvalue weighted by molar-refractivity contribution is 7.95. The van der Waals surface area contributed by atoms with Gasteiger partial charge in [-0.15, -0.1) is 0 Å². The fourth-order valence-corrected chi connectivity index (χ4v) is 5.02. The first-order valence-electron chi connectivity index (χ1n) is 6.80. The van der Waals surface area contributed by atoms with Crippen LogP contribution in [0.2, 0.25) is 0 Å². The molecule has 1 aliphatic carbocycles. The van der Waals surface area contributed by atoms with Gasteiger partial charge in [0.15, 0.2) is 0 Å². The predicted octanol–water partition coefficient (Wildman–Crippen LogP) is 3.28. The molecule has 1 unspecified atom stereocenters. The quantitative estimate of drug-likeness (QED) is 0.856. The smallest absolute Gasteiger partial charge is 0.206 e. The number of hydrogen-bond donors (Lipinski definition) is 0. The summed E-state index contributed by atoms with van der Waals surface area (Å²) in [6.45, 7) is 3.90. The molecular formula is C16H19NO3S. The Morgan fingerprint density at radius 3 is 2.48 bits per heavy atom. The van der Waals surface area contributed by atoms with Crippen LogP contribution >= 0.6 is 0 Å². The fourth-order valence-electron chi connectivity index (χ4n) is 3.04. The first-order valence-corrected chi connectivity index (χ1v) is 8.28. The molecule has 0 aliphatic heterocycles. The molecule has 5 heteroatoms. The summed E-state index contributed by atoms with van der Waals surface area (Å²) in [7, 11) is -2.15. The van der Waals surface area contributed by atoms with Crippen molar-refractivity contribution >= 4 is 9.84 Å². The third-order valence-corrected chi connectivity index (χ3v) is 5.84. The number of ether oxygens (including phenoxy) is 1. The first kappa shape index (κ1) is 15.6. The molecule has 1 aliphatic rings. The van der Waals surface area contributed by atoms with E-state index in [9.17, 15) is 8.42 Å². The van der Waals surface area contributed by atoms with Gasteiger partial charge < -0.3 is 4.74 Å². The monoisotopic (exact) mass is 305 g/mol. The van der Waals surface area contributed by atoms with Gasteiger partial charge in [0.1, 0.15) is 5.76 Å². The zero-order chi connectivity index (χ0) is 15.7. The second kappa shape index (κ2) is 5.53. The minimum Gasteiger partial charge on any atom is -0.499 e. The molecule has 0 radical (unpaired) electrons. The molecule has 2 rings (SSSR count). The van der Waals surface area contributed by atoms with E-state index in [1.165, 1.54) is 7.11 Å². The minimum atomic E-state index is -3.64. The second-order valence-corrected chi connectivity index (χ2v) is 7.78. The number of methoxy groups -OCH3 is 1. The van der Waals surface area contributed by atoms with Gasteiger partial charge in [0.2, 0.25) is 9.84 Å². The number of nitriles is 1. The normalized spacial score (nSPS) is 21.1. The third kappa shape index (κ3) is 2.68. The van der Waals surface area contributed by atoms with Crippen LogP contribution in [0.1, 0.15) is 26.7 Å². The summed E-state index contributed by atoms with van der Waals surface area (Å²) >= 11 is 0. The van der Waals surface area contributed by atoms with Crippen LogP contribution in [0.25, 0.3) is 0 Å². The zero-order valence-corrected chi connectivity index (χ0v) is 13.3. The third-order valence-electron chi connectivity index (χ3n) is 3.85. The van der Waals surface area contributed by atoms with Crippen molar-refractivity contribution in [3.63, 3.8) is 0 Å². The molecule has 112 valence electrons. The molecule has 0 N–H and O–H groups in total. The summed E-state index contributed by atoms with van der Waals surface area (Å²) in [6.07, 6.45) is 0.781. The van der Waals surface area contributed by atoms with Crippen molar-refractivity contribution in [2.75, 3.05) is 7.11 Å². The molecule has 0 aromatic heterocycles. The maximum absolute atomic E-state index is 12.9. The van der Waals surface area contributed by atoms with E-state index in [-0.39, 0.29) is 27.6 Å². The van der Waals surface area contributed by atoms with Gasteiger partial charge in [-0.2, -0.15) is 5.26 Å². The highest BCUT2D eigenvalue weighted by atomic mass is 32.2. The number of sulfone groups is 1. The molecule has 0 spiro atoms. The van der Waals surface area contributed by atoms with E-state index in [1.54, 1.807) is 30.3 Å². The Bertz CT molecular complexity index is 697. The standard InChI is InChI=1S/C16H19NO3S/c1-16(2)11-12(9-10-17)14(15(16)20-3)21(18,19)13-7-5-4-6-8-13/h4-8,12H,9,11H2,1-3H3. The molecule has 1 aromatic carbocycles. The summed E-state index contributed by atoms with van der Waals surface area (Å²) < 4.78 is 31.3. The molecular weight excluding hydrogens is 286 g/mol. The Hall–Kier alpha value is -1.80. The summed E-state index contributed by atoms with van der Waals surface area (Å²) in [4.78, 5) is 0.512. The van der Waals surface area contributed by atoms with Crippen LogP contribution in [0.5, 0.6) is 0 Å². The minimum absolute atomic E-state index is 0.178. The number of hydrogen-bond acceptors (Lipinski definition) is 4. The van der Waals surface area contributed by atoms with Crippen LogP contribution in [0.3, 0.4) is 0 Å². The fraction of sp³-hybridized carbons (Fsp3) is 0.438. The van der Waals surface area contributed by atoms with Crippen molar-refractivity contribution in [1.82, 2.24) is 0 Å². The van der Waals surface area contributed by atoms with E-state index in [0.717, 1.165) is 0 Å². The number of benzene rings is 1. The lowest BCUT2D eigenvalue weighted by atomic mass is 9.88. The van der Waals surface area contributed by atoms with E-state index in [0.29, 0.717) is 12.2 Å². The lowest BCUT2D eigenvalue weighted by Gasteiger charge is -2.21. The topological polar surface area (TPSA) is 67.2 Å². The van der Waals surface area contributed by atoms with Gasteiger partial charge in [0.05, 0.1) is 23.0 Å². The second-order valence-electron chi connectivity index (χ2n) is 5.86. The summed E-state index contributed by atoms with van der Waals surface area (Å²) in [5, 5.41) is 9.00. The Kier molecular flexibility index (Phi) is 4.11. The van der Waals surface area contributed by atoms with Crippen LogP contribution in [0, 0.1) is 22.7 Å². The molecule has 0 amide bonds. The van der Waals surface area contributed by atoms with Crippen molar-refractivity contribution in [2.45, 2.75) is 31.6 Å². The average molecular weight is 305 g/mol. The lowest BCUT2D eigenvalue weighted by molar-refractivity contribution is 0.198. The molecule has 1 atom stereocenters. The van der Waals surface area contributed by atoms with Gasteiger partial charge in [0.25, 0.3) is 0 Å². The van der Waals surface area contributed by atoms with Crippen LogP contribution in [-0.2, 0) is 14.6 Å². The Labute approximate surface area is 126 Å². The molecule has 0 saturated heterocycles. The molecule has 0 heterocycles. The van der Waals surface area contributed by atoms with Crippen LogP contribution in [0.4, 0.5) is 0 Å². The van der Waals surface area contributed by atoms with Gasteiger partial charge in [-0.1, -0.05) is 32.0 Å². The molecule has 21 heavy (non-hydrogen) atoms. The van der Waals surface area contributed by atoms with Crippen molar-refractivity contribution in [3.8, 4) is 6.07 Å². The lowest BCUT2D eigenvalue weighted by Crippen LogP contribution is -2.13. The van der Waals surface area contributed by atoms with E-state index in [4.69, 9.17) is 10.00 Å². The van der Waals surface area contributed by atoms with Crippen LogP contribution < -0.4 is 0 Å². The summed E-state index contributed by atoms with van der Waals surface area (Å²) in [6, 6.07) is 10.4. The predicted molar refractivity (Wildman–Crippen MR) is 79.8 cm³/mol. The Morgan fingerprint density at radius 2 is 1.95 bits per heavy atom. The van der Waals surface area contributed by atoms with Gasteiger partial charge in [-0.05, 0) is 18.6 Å². The van der Waals surface area contributed by atoms with Crippen LogP contribution in [0.15, 0.2) is 45.9 Å². The zero-order valence-electron chi connectivity index (χ0n) is 12.5. The Balaban J connectivity index is 2.64. The average Bonchev–Trinajstić information content (AvgIpc) is 2.70. The number of rotatable bonds is 4. The SMILES string of the molecule is COC1=C(S(=O)(=O)c2ccccc2)C(CC#N)CC1(C)C. The number of nitrogens with zero attached hydrogens (tertiary/aromatic N) is 1. The van der Waals surface area contributed by atoms with Crippen molar-refractivity contribution < 1.29 is 13.2 Å². The van der Waals surface area contributed by atoms with Gasteiger partial charge in [-0.3, -0.25) is 0 Å². The molecule has 1 aromatic rings. The van der Waals surface area contributed by atoms with Crippen LogP contribution in [-0.4, -0.2) is 15.5 Å². The molecule has 0 fully saturated rings. The van der Waals surface area contributed by atoms with Crippen molar-refractivity contribution in [3.05, 3.63) is 41.0 Å². The van der Waals surface area contributed by atoms with Gasteiger partial charge >= 0.3 is 0 Å². The highest BCUT2D eigenvalue weighted by Crippen LogP contribution is 2.50. The van der Waals surface area contributed by atoms with Crippen molar-refractivity contribution in [1.29, 1.82) is 5.26 Å². The maximum Gasteiger partial charge on any atom is 0.206 e. The maximum atomic E-state index is 12.9. The Morgan fingerprint density at radius 1 is 1.33 bits per heavy atom. The summed E-state index contributed by atoms with van der Waals surface area (Å²) in [5.41, 5.74) is -0.381. The van der Waals surface area contributed by atoms with E-state index < -0.39 is 9.84 Å². The van der Waals surface area contributed by atoms with Crippen molar-refractivity contribution in [2.24, 2.45) is 11.3 Å². The van der Waals surface area contributed by atoms with E-state index in [1.807, 2.05) is 13.8 Å². The highest BCUT2D eigenvalue weighted by Gasteiger charge is 2.46. The first-order chi connectivity index (χ1) is 9.84. The van der Waals surface area contributed by atoms with Gasteiger partial charge in [0, 0.05) is 17.8 Å². The summed E-state index contributed by atoms with van der Waals surface area (Å²) in [5.74, 6) is 0.164. The van der Waals surface area contributed by atoms with E-state index >= 15 is 0 Å². The number of allylic oxidation sites excluding steroid dienone is 2. The molecule has 4 nitrogen and oxygen atoms in total. The molecule has 0 saturated carbocycles.